The Morgan fingerprint density at radius 2 is 1.75 bits per heavy atom. The number of carboxylic acid groups (broad SMARTS) is 1. The quantitative estimate of drug-likeness (QED) is 0.595. The van der Waals surface area contributed by atoms with Crippen LogP contribution in [0.15, 0.2) is 0 Å². The lowest BCUT2D eigenvalue weighted by atomic mass is 10.2. The second-order valence-electron chi connectivity index (χ2n) is 3.52. The number of amides is 2. The first-order chi connectivity index (χ1) is 7.47. The first kappa shape index (κ1) is 14.4. The Hall–Kier alpha value is -1.59. The van der Waals surface area contributed by atoms with Crippen LogP contribution < -0.4 is 5.32 Å². The molecule has 0 aromatic rings. The zero-order chi connectivity index (χ0) is 12.6. The van der Waals surface area contributed by atoms with E-state index in [9.17, 15) is 14.4 Å². The van der Waals surface area contributed by atoms with Crippen molar-refractivity contribution in [3.63, 3.8) is 0 Å². The standard InChI is InChI=1S/C10H18N2O4/c1-11-8(13)7-12(2)9(14)5-3-4-6-10(15)16/h3-7H2,1-2H3,(H,11,13)(H,15,16). The smallest absolute Gasteiger partial charge is 0.303 e. The van der Waals surface area contributed by atoms with Crippen molar-refractivity contribution in [2.75, 3.05) is 20.6 Å². The van der Waals surface area contributed by atoms with E-state index in [0.717, 1.165) is 0 Å². The molecule has 6 heteroatoms. The van der Waals surface area contributed by atoms with Crippen LogP contribution in [0.25, 0.3) is 0 Å². The maximum absolute atomic E-state index is 11.4. The van der Waals surface area contributed by atoms with Gasteiger partial charge in [-0.3, -0.25) is 14.4 Å². The average molecular weight is 230 g/mol. The number of hydrogen-bond acceptors (Lipinski definition) is 3. The van der Waals surface area contributed by atoms with E-state index in [1.807, 2.05) is 0 Å². The number of unbranched alkanes of at least 4 members (excludes halogenated alkanes) is 1. The number of nitrogens with one attached hydrogen (secondary N) is 1. The van der Waals surface area contributed by atoms with E-state index in [4.69, 9.17) is 5.11 Å². The Morgan fingerprint density at radius 3 is 2.25 bits per heavy atom. The number of hydrogen-bond donors (Lipinski definition) is 2. The summed E-state index contributed by atoms with van der Waals surface area (Å²) in [6.07, 6.45) is 1.37. The SMILES string of the molecule is CNC(=O)CN(C)C(=O)CCCCC(=O)O. The second kappa shape index (κ2) is 7.67. The summed E-state index contributed by atoms with van der Waals surface area (Å²) in [5.41, 5.74) is 0. The summed E-state index contributed by atoms with van der Waals surface area (Å²) in [4.78, 5) is 33.9. The van der Waals surface area contributed by atoms with E-state index in [1.165, 1.54) is 11.9 Å². The monoisotopic (exact) mass is 230 g/mol. The van der Waals surface area contributed by atoms with E-state index >= 15 is 0 Å². The van der Waals surface area contributed by atoms with Crippen LogP contribution in [-0.2, 0) is 14.4 Å². The molecule has 0 aliphatic heterocycles. The van der Waals surface area contributed by atoms with Crippen LogP contribution in [0.4, 0.5) is 0 Å². The van der Waals surface area contributed by atoms with Crippen LogP contribution in [0, 0.1) is 0 Å². The molecule has 0 aliphatic carbocycles. The zero-order valence-corrected chi connectivity index (χ0v) is 9.65. The molecular weight excluding hydrogens is 212 g/mol. The van der Waals surface area contributed by atoms with Gasteiger partial charge in [0.05, 0.1) is 6.54 Å². The average Bonchev–Trinajstić information content (AvgIpc) is 2.23. The lowest BCUT2D eigenvalue weighted by Crippen LogP contribution is -2.36. The molecule has 2 amide bonds. The molecule has 0 radical (unpaired) electrons. The molecule has 0 saturated carbocycles. The van der Waals surface area contributed by atoms with Crippen molar-refractivity contribution in [1.82, 2.24) is 10.2 Å². The van der Waals surface area contributed by atoms with Gasteiger partial charge in [-0.05, 0) is 12.8 Å². The summed E-state index contributed by atoms with van der Waals surface area (Å²) in [5.74, 6) is -1.22. The lowest BCUT2D eigenvalue weighted by molar-refractivity contribution is -0.137. The number of carboxylic acids is 1. The maximum atomic E-state index is 11.4. The maximum Gasteiger partial charge on any atom is 0.303 e. The molecule has 0 atom stereocenters. The number of carbonyl (C=O) groups excluding carboxylic acids is 2. The Balaban J connectivity index is 3.71. The minimum Gasteiger partial charge on any atom is -0.481 e. The molecule has 92 valence electrons. The highest BCUT2D eigenvalue weighted by Gasteiger charge is 2.11. The van der Waals surface area contributed by atoms with Crippen LogP contribution in [0.1, 0.15) is 25.7 Å². The van der Waals surface area contributed by atoms with Crippen LogP contribution in [-0.4, -0.2) is 48.4 Å². The van der Waals surface area contributed by atoms with E-state index in [1.54, 1.807) is 7.05 Å². The van der Waals surface area contributed by atoms with Crippen molar-refractivity contribution < 1.29 is 19.5 Å². The summed E-state index contributed by atoms with van der Waals surface area (Å²) in [6.45, 7) is 0.0360. The molecule has 0 aromatic heterocycles. The highest BCUT2D eigenvalue weighted by molar-refractivity contribution is 5.84. The lowest BCUT2D eigenvalue weighted by Gasteiger charge is -2.15. The highest BCUT2D eigenvalue weighted by Crippen LogP contribution is 2.02. The third kappa shape index (κ3) is 6.80. The summed E-state index contributed by atoms with van der Waals surface area (Å²) in [6, 6.07) is 0. The normalized spacial score (nSPS) is 9.62. The first-order valence-corrected chi connectivity index (χ1v) is 5.13. The molecule has 0 aliphatic rings. The molecule has 0 aromatic carbocycles. The topological polar surface area (TPSA) is 86.7 Å². The molecule has 0 rings (SSSR count). The van der Waals surface area contributed by atoms with Crippen LogP contribution in [0.2, 0.25) is 0 Å². The number of aliphatic carboxylic acids is 1. The summed E-state index contributed by atoms with van der Waals surface area (Å²) >= 11 is 0. The van der Waals surface area contributed by atoms with E-state index in [-0.39, 0.29) is 31.2 Å². The van der Waals surface area contributed by atoms with Gasteiger partial charge in [0.15, 0.2) is 0 Å². The Kier molecular flexibility index (Phi) is 6.91. The molecule has 6 nitrogen and oxygen atoms in total. The van der Waals surface area contributed by atoms with Gasteiger partial charge < -0.3 is 15.3 Å². The van der Waals surface area contributed by atoms with Gasteiger partial charge in [0.2, 0.25) is 11.8 Å². The van der Waals surface area contributed by atoms with Gasteiger partial charge in [-0.1, -0.05) is 0 Å². The molecule has 0 bridgehead atoms. The number of carbonyl (C=O) groups is 3. The van der Waals surface area contributed by atoms with Crippen LogP contribution in [0.5, 0.6) is 0 Å². The Labute approximate surface area is 94.6 Å². The summed E-state index contributed by atoms with van der Waals surface area (Å²) in [5, 5.41) is 10.8. The predicted octanol–water partition coefficient (Wildman–Crippen LogP) is -0.164. The third-order valence-corrected chi connectivity index (χ3v) is 2.12. The molecule has 0 saturated heterocycles. The van der Waals surface area contributed by atoms with E-state index in [0.29, 0.717) is 12.8 Å². The first-order valence-electron chi connectivity index (χ1n) is 5.13. The Bertz CT molecular complexity index is 266. The van der Waals surface area contributed by atoms with E-state index < -0.39 is 5.97 Å². The fourth-order valence-corrected chi connectivity index (χ4v) is 1.13. The number of likely N-dealkylation sites (N-methyl/N-ethyl adjacent to an activating group) is 2. The molecule has 0 heterocycles. The minimum absolute atomic E-state index is 0.0360. The fraction of sp³-hybridized carbons (Fsp3) is 0.700. The molecule has 0 unspecified atom stereocenters. The molecular formula is C10H18N2O4. The minimum atomic E-state index is -0.855. The van der Waals surface area contributed by atoms with Crippen LogP contribution in [0.3, 0.4) is 0 Å². The van der Waals surface area contributed by atoms with E-state index in [2.05, 4.69) is 5.32 Å². The number of nitrogens with zero attached hydrogens (tertiary/aromatic N) is 1. The van der Waals surface area contributed by atoms with Gasteiger partial charge in [0, 0.05) is 26.9 Å². The number of rotatable bonds is 7. The van der Waals surface area contributed by atoms with Gasteiger partial charge in [-0.2, -0.15) is 0 Å². The van der Waals surface area contributed by atoms with Crippen molar-refractivity contribution in [2.24, 2.45) is 0 Å². The van der Waals surface area contributed by atoms with Crippen molar-refractivity contribution in [1.29, 1.82) is 0 Å². The van der Waals surface area contributed by atoms with Gasteiger partial charge in [-0.25, -0.2) is 0 Å². The van der Waals surface area contributed by atoms with Gasteiger partial charge >= 0.3 is 5.97 Å². The third-order valence-electron chi connectivity index (χ3n) is 2.12. The van der Waals surface area contributed by atoms with Gasteiger partial charge in [0.25, 0.3) is 0 Å². The van der Waals surface area contributed by atoms with Crippen LogP contribution >= 0.6 is 0 Å². The molecule has 16 heavy (non-hydrogen) atoms. The second-order valence-corrected chi connectivity index (χ2v) is 3.52. The highest BCUT2D eigenvalue weighted by atomic mass is 16.4. The van der Waals surface area contributed by atoms with Crippen molar-refractivity contribution in [3.05, 3.63) is 0 Å². The van der Waals surface area contributed by atoms with Crippen molar-refractivity contribution >= 4 is 17.8 Å². The summed E-state index contributed by atoms with van der Waals surface area (Å²) in [7, 11) is 3.06. The molecule has 2 N–H and O–H groups in total. The molecule has 0 spiro atoms. The summed E-state index contributed by atoms with van der Waals surface area (Å²) < 4.78 is 0. The van der Waals surface area contributed by atoms with Gasteiger partial charge in [-0.15, -0.1) is 0 Å². The zero-order valence-electron chi connectivity index (χ0n) is 9.65. The predicted molar refractivity (Wildman–Crippen MR) is 57.8 cm³/mol. The molecule has 0 fully saturated rings. The van der Waals surface area contributed by atoms with Crippen molar-refractivity contribution in [3.8, 4) is 0 Å². The largest absolute Gasteiger partial charge is 0.481 e. The Morgan fingerprint density at radius 1 is 1.19 bits per heavy atom. The fourth-order valence-electron chi connectivity index (χ4n) is 1.13. The van der Waals surface area contributed by atoms with Gasteiger partial charge in [0.1, 0.15) is 0 Å². The van der Waals surface area contributed by atoms with Crippen molar-refractivity contribution in [2.45, 2.75) is 25.7 Å².